The van der Waals surface area contributed by atoms with Gasteiger partial charge >= 0.3 is 0 Å². The summed E-state index contributed by atoms with van der Waals surface area (Å²) in [5, 5.41) is 0. The Bertz CT molecular complexity index is 888. The molecular formula is C22H23NO3. The maximum Gasteiger partial charge on any atom is 0.203 e. The highest BCUT2D eigenvalue weighted by molar-refractivity contribution is 5.76. The number of methoxy groups -OCH3 is 3. The summed E-state index contributed by atoms with van der Waals surface area (Å²) < 4.78 is 16.9. The van der Waals surface area contributed by atoms with Gasteiger partial charge in [-0.05, 0) is 28.8 Å². The highest BCUT2D eigenvalue weighted by Gasteiger charge is 2.47. The summed E-state index contributed by atoms with van der Waals surface area (Å²) in [5.41, 5.74) is 4.37. The maximum absolute atomic E-state index is 5.81. The maximum atomic E-state index is 5.81. The smallest absolute Gasteiger partial charge is 0.203 e. The van der Waals surface area contributed by atoms with Crippen LogP contribution in [0, 0.1) is 0 Å². The molecule has 26 heavy (non-hydrogen) atoms. The number of hydrogen-bond donors (Lipinski definition) is 1. The predicted molar refractivity (Wildman–Crippen MR) is 104 cm³/mol. The van der Waals surface area contributed by atoms with Crippen LogP contribution in [-0.4, -0.2) is 21.3 Å². The van der Waals surface area contributed by atoms with Crippen LogP contribution in [0.4, 0.5) is 0 Å². The third-order valence-corrected chi connectivity index (χ3v) is 5.07. The van der Waals surface area contributed by atoms with E-state index in [0.29, 0.717) is 17.2 Å². The molecule has 0 saturated heterocycles. The van der Waals surface area contributed by atoms with Crippen LogP contribution in [0.3, 0.4) is 0 Å². The molecule has 4 nitrogen and oxygen atoms in total. The van der Waals surface area contributed by atoms with Crippen LogP contribution >= 0.6 is 0 Å². The van der Waals surface area contributed by atoms with E-state index in [1.165, 1.54) is 16.7 Å². The topological polar surface area (TPSA) is 62.7 Å². The Balaban J connectivity index is 0.00000196. The lowest BCUT2D eigenvalue weighted by molar-refractivity contribution is 0.320. The third-order valence-electron chi connectivity index (χ3n) is 5.07. The van der Waals surface area contributed by atoms with Crippen molar-refractivity contribution in [2.24, 2.45) is 0 Å². The van der Waals surface area contributed by atoms with Gasteiger partial charge in [-0.2, -0.15) is 0 Å². The largest absolute Gasteiger partial charge is 0.493 e. The molecule has 0 radical (unpaired) electrons. The summed E-state index contributed by atoms with van der Waals surface area (Å²) in [6.07, 6.45) is 8.72. The Labute approximate surface area is 154 Å². The van der Waals surface area contributed by atoms with E-state index in [-0.39, 0.29) is 11.6 Å². The first-order valence-corrected chi connectivity index (χ1v) is 8.23. The van der Waals surface area contributed by atoms with Gasteiger partial charge in [-0.3, -0.25) is 0 Å². The zero-order valence-corrected chi connectivity index (χ0v) is 15.3. The molecule has 0 atom stereocenters. The standard InChI is InChI=1S/C22H20O3.H3N/c1-23-19-14-13-18(20(24-2)21(19)25-3)22(15-7-5-4-6-8-15)16-9-10-17(22)12-11-16;/h4-14H,1-3H3;1H3. The fourth-order valence-corrected chi connectivity index (χ4v) is 4.02. The second-order valence-corrected chi connectivity index (χ2v) is 6.08. The van der Waals surface area contributed by atoms with Crippen molar-refractivity contribution in [3.63, 3.8) is 0 Å². The van der Waals surface area contributed by atoms with E-state index in [2.05, 4.69) is 54.6 Å². The van der Waals surface area contributed by atoms with Crippen molar-refractivity contribution in [2.45, 2.75) is 5.41 Å². The summed E-state index contributed by atoms with van der Waals surface area (Å²) >= 11 is 0. The summed E-state index contributed by atoms with van der Waals surface area (Å²) in [6.45, 7) is 0. The molecule has 0 amide bonds. The van der Waals surface area contributed by atoms with Gasteiger partial charge < -0.3 is 20.4 Å². The Morgan fingerprint density at radius 2 is 1.31 bits per heavy atom. The Hall–Kier alpha value is -2.98. The van der Waals surface area contributed by atoms with Crippen molar-refractivity contribution in [3.8, 4) is 17.2 Å². The van der Waals surface area contributed by atoms with E-state index < -0.39 is 0 Å². The van der Waals surface area contributed by atoms with E-state index in [4.69, 9.17) is 14.2 Å². The molecule has 0 spiro atoms. The lowest BCUT2D eigenvalue weighted by atomic mass is 9.69. The molecule has 0 aromatic heterocycles. The third kappa shape index (κ3) is 2.19. The van der Waals surface area contributed by atoms with E-state index in [1.807, 2.05) is 12.1 Å². The molecule has 0 unspecified atom stereocenters. The van der Waals surface area contributed by atoms with Gasteiger partial charge in [0.05, 0.1) is 26.7 Å². The normalized spacial score (nSPS) is 15.8. The molecule has 2 aliphatic rings. The molecule has 4 heteroatoms. The van der Waals surface area contributed by atoms with Crippen LogP contribution in [0.1, 0.15) is 11.1 Å². The van der Waals surface area contributed by atoms with Crippen molar-refractivity contribution in [1.29, 1.82) is 0 Å². The number of ether oxygens (including phenoxy) is 3. The molecule has 0 heterocycles. The molecule has 2 aliphatic carbocycles. The highest BCUT2D eigenvalue weighted by atomic mass is 16.5. The SMILES string of the molecule is COc1ccc(C2(c3ccccc3)C3=CC=C2C=C3)c(OC)c1OC.N. The second-order valence-electron chi connectivity index (χ2n) is 6.08. The average molecular weight is 349 g/mol. The first-order valence-electron chi connectivity index (χ1n) is 8.23. The summed E-state index contributed by atoms with van der Waals surface area (Å²) in [6, 6.07) is 14.5. The van der Waals surface area contributed by atoms with Crippen LogP contribution in [0.15, 0.2) is 77.9 Å². The molecule has 0 saturated carbocycles. The first kappa shape index (κ1) is 17.8. The molecule has 2 aromatic rings. The number of benzene rings is 2. The molecule has 0 fully saturated rings. The first-order chi connectivity index (χ1) is 12.3. The zero-order valence-electron chi connectivity index (χ0n) is 15.3. The average Bonchev–Trinajstić information content (AvgIpc) is 3.23. The summed E-state index contributed by atoms with van der Waals surface area (Å²) in [5.74, 6) is 1.98. The fraction of sp³-hybridized carbons (Fsp3) is 0.182. The van der Waals surface area contributed by atoms with E-state index in [9.17, 15) is 0 Å². The summed E-state index contributed by atoms with van der Waals surface area (Å²) in [7, 11) is 4.95. The predicted octanol–water partition coefficient (Wildman–Crippen LogP) is 4.60. The number of hydrogen-bond acceptors (Lipinski definition) is 4. The monoisotopic (exact) mass is 349 g/mol. The van der Waals surface area contributed by atoms with Crippen molar-refractivity contribution in [3.05, 3.63) is 89.0 Å². The van der Waals surface area contributed by atoms with Gasteiger partial charge in [0.25, 0.3) is 0 Å². The molecule has 134 valence electrons. The number of rotatable bonds is 5. The van der Waals surface area contributed by atoms with Crippen molar-refractivity contribution < 1.29 is 14.2 Å². The second kappa shape index (κ2) is 6.73. The van der Waals surface area contributed by atoms with Gasteiger partial charge in [-0.1, -0.05) is 54.6 Å². The minimum atomic E-state index is -0.369. The molecule has 3 N–H and O–H groups in total. The minimum Gasteiger partial charge on any atom is -0.493 e. The van der Waals surface area contributed by atoms with Gasteiger partial charge in [0.2, 0.25) is 5.75 Å². The lowest BCUT2D eigenvalue weighted by Gasteiger charge is -2.33. The van der Waals surface area contributed by atoms with E-state index in [1.54, 1.807) is 21.3 Å². The van der Waals surface area contributed by atoms with Crippen LogP contribution in [0.5, 0.6) is 17.2 Å². The highest BCUT2D eigenvalue weighted by Crippen LogP contribution is 2.57. The Morgan fingerprint density at radius 3 is 1.81 bits per heavy atom. The molecule has 4 rings (SSSR count). The Kier molecular flexibility index (Phi) is 4.62. The van der Waals surface area contributed by atoms with Gasteiger partial charge in [-0.15, -0.1) is 0 Å². The zero-order chi connectivity index (χ0) is 17.4. The van der Waals surface area contributed by atoms with E-state index in [0.717, 1.165) is 5.56 Å². The van der Waals surface area contributed by atoms with Gasteiger partial charge in [0, 0.05) is 5.56 Å². The number of allylic oxidation sites excluding steroid dienone is 6. The lowest BCUT2D eigenvalue weighted by Crippen LogP contribution is -2.27. The van der Waals surface area contributed by atoms with Crippen LogP contribution in [0.2, 0.25) is 0 Å². The van der Waals surface area contributed by atoms with Gasteiger partial charge in [0.15, 0.2) is 11.5 Å². The fourth-order valence-electron chi connectivity index (χ4n) is 4.02. The molecule has 2 aromatic carbocycles. The van der Waals surface area contributed by atoms with Gasteiger partial charge in [-0.25, -0.2) is 0 Å². The number of fused-ring (bicyclic) bond motifs is 2. The van der Waals surface area contributed by atoms with Crippen LogP contribution in [-0.2, 0) is 5.41 Å². The van der Waals surface area contributed by atoms with Crippen molar-refractivity contribution in [1.82, 2.24) is 6.15 Å². The van der Waals surface area contributed by atoms with Crippen LogP contribution < -0.4 is 20.4 Å². The van der Waals surface area contributed by atoms with Crippen molar-refractivity contribution in [2.75, 3.05) is 21.3 Å². The van der Waals surface area contributed by atoms with Gasteiger partial charge in [0.1, 0.15) is 0 Å². The Morgan fingerprint density at radius 1 is 0.692 bits per heavy atom. The summed E-state index contributed by atoms with van der Waals surface area (Å²) in [4.78, 5) is 0. The van der Waals surface area contributed by atoms with Crippen molar-refractivity contribution >= 4 is 0 Å². The van der Waals surface area contributed by atoms with Crippen LogP contribution in [0.25, 0.3) is 0 Å². The van der Waals surface area contributed by atoms with E-state index >= 15 is 0 Å². The quantitative estimate of drug-likeness (QED) is 0.857. The molecular weight excluding hydrogens is 326 g/mol. The molecule has 0 aliphatic heterocycles. The minimum absolute atomic E-state index is 0. The molecule has 2 bridgehead atoms.